The van der Waals surface area contributed by atoms with Crippen LogP contribution in [-0.2, 0) is 12.7 Å². The summed E-state index contributed by atoms with van der Waals surface area (Å²) in [5.74, 6) is -1.95. The van der Waals surface area contributed by atoms with E-state index in [0.29, 0.717) is 11.4 Å². The lowest BCUT2D eigenvalue weighted by molar-refractivity contribution is -0.159. The van der Waals surface area contributed by atoms with Gasteiger partial charge in [-0.2, -0.15) is 18.2 Å². The zero-order valence-corrected chi connectivity index (χ0v) is 13.8. The van der Waals surface area contributed by atoms with E-state index in [1.54, 1.807) is 12.1 Å². The first-order valence-electron chi connectivity index (χ1n) is 7.15. The van der Waals surface area contributed by atoms with E-state index in [0.717, 1.165) is 4.88 Å². The number of nitrogens with zero attached hydrogens (tertiary/aromatic N) is 5. The Balaban J connectivity index is 1.69. The lowest BCUT2D eigenvalue weighted by Gasteiger charge is -1.98. The summed E-state index contributed by atoms with van der Waals surface area (Å²) in [6, 6.07) is 3.28. The van der Waals surface area contributed by atoms with Crippen molar-refractivity contribution in [3.63, 3.8) is 0 Å². The molecule has 0 saturated carbocycles. The van der Waals surface area contributed by atoms with Crippen molar-refractivity contribution in [2.45, 2.75) is 12.7 Å². The first-order valence-corrected chi connectivity index (χ1v) is 7.97. The summed E-state index contributed by atoms with van der Waals surface area (Å²) in [5, 5.41) is 9.94. The number of hydrogen-bond acceptors (Lipinski definition) is 7. The second-order valence-corrected chi connectivity index (χ2v) is 6.12. The molecule has 8 nitrogen and oxygen atoms in total. The first kappa shape index (κ1) is 17.8. The van der Waals surface area contributed by atoms with Crippen LogP contribution in [0.15, 0.2) is 35.6 Å². The van der Waals surface area contributed by atoms with Crippen LogP contribution in [0.5, 0.6) is 0 Å². The van der Waals surface area contributed by atoms with Crippen molar-refractivity contribution in [3.8, 4) is 10.7 Å². The molecule has 0 bridgehead atoms. The highest BCUT2D eigenvalue weighted by molar-refractivity contribution is 7.15. The van der Waals surface area contributed by atoms with E-state index in [-0.39, 0.29) is 18.2 Å². The average Bonchev–Trinajstić information content (AvgIpc) is 3.31. The summed E-state index contributed by atoms with van der Waals surface area (Å²) >= 11 is 1.18. The van der Waals surface area contributed by atoms with Crippen LogP contribution in [0.1, 0.15) is 21.4 Å². The number of rotatable bonds is 6. The van der Waals surface area contributed by atoms with E-state index in [1.165, 1.54) is 28.4 Å². The SMILES string of the molecule is C=CCNC(=O)c1ncn(Cc2ccc(-c3noc(C(F)(F)F)n3)s2)n1. The van der Waals surface area contributed by atoms with Crippen LogP contribution in [0.25, 0.3) is 10.7 Å². The predicted molar refractivity (Wildman–Crippen MR) is 84.3 cm³/mol. The maximum absolute atomic E-state index is 12.5. The summed E-state index contributed by atoms with van der Waals surface area (Å²) < 4.78 is 43.2. The Morgan fingerprint density at radius 2 is 2.23 bits per heavy atom. The van der Waals surface area contributed by atoms with Crippen molar-refractivity contribution >= 4 is 17.2 Å². The fourth-order valence-electron chi connectivity index (χ4n) is 1.90. The molecule has 0 aliphatic heterocycles. The lowest BCUT2D eigenvalue weighted by Crippen LogP contribution is -2.24. The molecule has 3 heterocycles. The molecule has 1 amide bonds. The van der Waals surface area contributed by atoms with Gasteiger partial charge in [-0.25, -0.2) is 9.67 Å². The number of halogens is 3. The van der Waals surface area contributed by atoms with Crippen molar-refractivity contribution in [1.82, 2.24) is 30.2 Å². The second kappa shape index (κ2) is 7.07. The van der Waals surface area contributed by atoms with E-state index in [1.807, 2.05) is 0 Å². The maximum atomic E-state index is 12.5. The van der Waals surface area contributed by atoms with Crippen molar-refractivity contribution in [2.75, 3.05) is 6.54 Å². The number of nitrogens with one attached hydrogen (secondary N) is 1. The van der Waals surface area contributed by atoms with E-state index in [9.17, 15) is 18.0 Å². The molecular formula is C14H11F3N6O2S. The van der Waals surface area contributed by atoms with Crippen LogP contribution in [0.2, 0.25) is 0 Å². The van der Waals surface area contributed by atoms with Crippen LogP contribution in [-0.4, -0.2) is 37.4 Å². The van der Waals surface area contributed by atoms with Crippen LogP contribution in [0.3, 0.4) is 0 Å². The van der Waals surface area contributed by atoms with Gasteiger partial charge in [0.2, 0.25) is 11.6 Å². The Morgan fingerprint density at radius 3 is 2.92 bits per heavy atom. The monoisotopic (exact) mass is 384 g/mol. The van der Waals surface area contributed by atoms with E-state index < -0.39 is 18.0 Å². The van der Waals surface area contributed by atoms with Crippen molar-refractivity contribution < 1.29 is 22.5 Å². The van der Waals surface area contributed by atoms with Crippen LogP contribution < -0.4 is 5.32 Å². The van der Waals surface area contributed by atoms with Gasteiger partial charge in [-0.3, -0.25) is 4.79 Å². The van der Waals surface area contributed by atoms with Crippen molar-refractivity contribution in [1.29, 1.82) is 0 Å². The van der Waals surface area contributed by atoms with Gasteiger partial charge in [-0.1, -0.05) is 11.2 Å². The predicted octanol–water partition coefficient (Wildman–Crippen LogP) is 2.37. The molecule has 12 heteroatoms. The third kappa shape index (κ3) is 3.96. The fourth-order valence-corrected chi connectivity index (χ4v) is 2.83. The summed E-state index contributed by atoms with van der Waals surface area (Å²) in [6.45, 7) is 4.08. The van der Waals surface area contributed by atoms with E-state index in [4.69, 9.17) is 0 Å². The van der Waals surface area contributed by atoms with Gasteiger partial charge in [-0.15, -0.1) is 23.0 Å². The minimum Gasteiger partial charge on any atom is -0.346 e. The third-order valence-electron chi connectivity index (χ3n) is 3.01. The molecule has 0 radical (unpaired) electrons. The van der Waals surface area contributed by atoms with Gasteiger partial charge in [0, 0.05) is 11.4 Å². The molecule has 0 fully saturated rings. The molecule has 0 aliphatic rings. The number of thiophene rings is 1. The Kier molecular flexibility index (Phi) is 4.84. The first-order chi connectivity index (χ1) is 12.4. The molecule has 1 N–H and O–H groups in total. The average molecular weight is 384 g/mol. The number of carbonyl (C=O) groups excluding carboxylic acids is 1. The summed E-state index contributed by atoms with van der Waals surface area (Å²) in [7, 11) is 0. The summed E-state index contributed by atoms with van der Waals surface area (Å²) in [6.07, 6.45) is -1.77. The van der Waals surface area contributed by atoms with Gasteiger partial charge >= 0.3 is 12.1 Å². The highest BCUT2D eigenvalue weighted by Crippen LogP contribution is 2.31. The zero-order valence-electron chi connectivity index (χ0n) is 13.0. The largest absolute Gasteiger partial charge is 0.471 e. The van der Waals surface area contributed by atoms with E-state index >= 15 is 0 Å². The zero-order chi connectivity index (χ0) is 18.7. The number of amides is 1. The molecule has 0 aliphatic carbocycles. The molecule has 26 heavy (non-hydrogen) atoms. The highest BCUT2D eigenvalue weighted by Gasteiger charge is 2.38. The number of hydrogen-bond donors (Lipinski definition) is 1. The molecule has 0 aromatic carbocycles. The minimum absolute atomic E-state index is 0.0108. The molecule has 3 rings (SSSR count). The van der Waals surface area contributed by atoms with Gasteiger partial charge in [0.15, 0.2) is 0 Å². The third-order valence-corrected chi connectivity index (χ3v) is 4.08. The molecule has 3 aromatic rings. The van der Waals surface area contributed by atoms with Crippen LogP contribution in [0, 0.1) is 0 Å². The van der Waals surface area contributed by atoms with Gasteiger partial charge in [0.1, 0.15) is 6.33 Å². The smallest absolute Gasteiger partial charge is 0.346 e. The van der Waals surface area contributed by atoms with Gasteiger partial charge in [-0.05, 0) is 12.1 Å². The topological polar surface area (TPSA) is 98.7 Å². The van der Waals surface area contributed by atoms with Crippen LogP contribution in [0.4, 0.5) is 13.2 Å². The maximum Gasteiger partial charge on any atom is 0.471 e. The molecule has 0 atom stereocenters. The Hall–Kier alpha value is -3.02. The van der Waals surface area contributed by atoms with Gasteiger partial charge in [0.05, 0.1) is 11.4 Å². The molecule has 0 unspecified atom stereocenters. The molecule has 3 aromatic heterocycles. The molecule has 136 valence electrons. The highest BCUT2D eigenvalue weighted by atomic mass is 32.1. The lowest BCUT2D eigenvalue weighted by atomic mass is 10.4. The van der Waals surface area contributed by atoms with Crippen molar-refractivity contribution in [3.05, 3.63) is 47.7 Å². The Morgan fingerprint density at radius 1 is 1.42 bits per heavy atom. The number of aromatic nitrogens is 5. The second-order valence-electron chi connectivity index (χ2n) is 4.95. The molecular weight excluding hydrogens is 373 g/mol. The summed E-state index contributed by atoms with van der Waals surface area (Å²) in [4.78, 5) is 20.2. The normalized spacial score (nSPS) is 11.5. The van der Waals surface area contributed by atoms with E-state index in [2.05, 4.69) is 36.6 Å². The fraction of sp³-hybridized carbons (Fsp3) is 0.214. The quantitative estimate of drug-likeness (QED) is 0.655. The number of carbonyl (C=O) groups is 1. The number of alkyl halides is 3. The molecule has 0 saturated heterocycles. The summed E-state index contributed by atoms with van der Waals surface area (Å²) in [5.41, 5.74) is 0. The molecule has 0 spiro atoms. The van der Waals surface area contributed by atoms with Gasteiger partial charge in [0.25, 0.3) is 5.91 Å². The van der Waals surface area contributed by atoms with Gasteiger partial charge < -0.3 is 9.84 Å². The standard InChI is InChI=1S/C14H11F3N6O2S/c1-2-5-18-12(24)11-19-7-23(21-11)6-8-3-4-9(26-8)10-20-13(25-22-10)14(15,16)17/h2-4,7H,1,5-6H2,(H,18,24). The Labute approximate surface area is 148 Å². The minimum atomic E-state index is -4.69. The Bertz CT molecular complexity index is 929. The van der Waals surface area contributed by atoms with Crippen LogP contribution >= 0.6 is 11.3 Å². The van der Waals surface area contributed by atoms with Crippen molar-refractivity contribution in [2.24, 2.45) is 0 Å².